The molecule has 1 amide bonds. The molecule has 2 heterocycles. The summed E-state index contributed by atoms with van der Waals surface area (Å²) in [7, 11) is 1.78. The smallest absolute Gasteiger partial charge is 0.273 e. The summed E-state index contributed by atoms with van der Waals surface area (Å²) in [5.74, 6) is 1.88. The lowest BCUT2D eigenvalue weighted by atomic mass is 10.2. The Morgan fingerprint density at radius 1 is 1.20 bits per heavy atom. The lowest BCUT2D eigenvalue weighted by Gasteiger charge is -2.19. The molecule has 0 bridgehead atoms. The van der Waals surface area contributed by atoms with Gasteiger partial charge in [-0.1, -0.05) is 13.3 Å². The lowest BCUT2D eigenvalue weighted by molar-refractivity contribution is 0.0787. The molecule has 132 valence electrons. The molecule has 0 fully saturated rings. The average Bonchev–Trinajstić information content (AvgIpc) is 2.66. The molecule has 1 aromatic carbocycles. The molecule has 1 aliphatic heterocycles. The Labute approximate surface area is 147 Å². The van der Waals surface area contributed by atoms with E-state index in [4.69, 9.17) is 9.47 Å². The molecule has 0 radical (unpaired) electrons. The van der Waals surface area contributed by atoms with Crippen LogP contribution in [0.3, 0.4) is 0 Å². The zero-order valence-electron chi connectivity index (χ0n) is 14.5. The molecule has 0 saturated heterocycles. The van der Waals surface area contributed by atoms with E-state index in [1.165, 1.54) is 6.20 Å². The van der Waals surface area contributed by atoms with Crippen LogP contribution in [0.2, 0.25) is 0 Å². The summed E-state index contributed by atoms with van der Waals surface area (Å²) >= 11 is 0. The number of nitrogens with zero attached hydrogens (tertiary/aromatic N) is 3. The van der Waals surface area contributed by atoms with Crippen LogP contribution in [-0.2, 0) is 0 Å². The van der Waals surface area contributed by atoms with Crippen molar-refractivity contribution < 1.29 is 14.3 Å². The highest BCUT2D eigenvalue weighted by atomic mass is 16.6. The SMILES string of the molecule is CCCCN(C)C(=O)c1cnc(Nc2ccc3c(c2)OCCO3)cn1. The van der Waals surface area contributed by atoms with Gasteiger partial charge in [-0.3, -0.25) is 4.79 Å². The first-order chi connectivity index (χ1) is 12.2. The molecule has 0 unspecified atom stereocenters. The monoisotopic (exact) mass is 342 g/mol. The summed E-state index contributed by atoms with van der Waals surface area (Å²) in [6.07, 6.45) is 5.06. The Morgan fingerprint density at radius 2 is 2.00 bits per heavy atom. The number of hydrogen-bond donors (Lipinski definition) is 1. The number of carbonyl (C=O) groups is 1. The highest BCUT2D eigenvalue weighted by Crippen LogP contribution is 2.33. The maximum absolute atomic E-state index is 12.3. The predicted molar refractivity (Wildman–Crippen MR) is 94.6 cm³/mol. The molecule has 2 aromatic rings. The number of ether oxygens (including phenoxy) is 2. The van der Waals surface area contributed by atoms with Crippen molar-refractivity contribution in [2.75, 3.05) is 32.1 Å². The first-order valence-corrected chi connectivity index (χ1v) is 8.41. The normalized spacial score (nSPS) is 12.6. The lowest BCUT2D eigenvalue weighted by Crippen LogP contribution is -2.28. The van der Waals surface area contributed by atoms with Crippen molar-refractivity contribution in [2.45, 2.75) is 19.8 Å². The summed E-state index contributed by atoms with van der Waals surface area (Å²) < 4.78 is 11.1. The van der Waals surface area contributed by atoms with Crippen molar-refractivity contribution >= 4 is 17.4 Å². The number of aromatic nitrogens is 2. The van der Waals surface area contributed by atoms with Gasteiger partial charge in [0.2, 0.25) is 0 Å². The second kappa shape index (κ2) is 7.83. The van der Waals surface area contributed by atoms with E-state index < -0.39 is 0 Å². The molecule has 0 saturated carbocycles. The molecular weight excluding hydrogens is 320 g/mol. The molecule has 1 N–H and O–H groups in total. The molecule has 7 heteroatoms. The van der Waals surface area contributed by atoms with Gasteiger partial charge in [0, 0.05) is 25.3 Å². The van der Waals surface area contributed by atoms with E-state index in [0.29, 0.717) is 37.0 Å². The van der Waals surface area contributed by atoms with Crippen molar-refractivity contribution in [1.82, 2.24) is 14.9 Å². The number of nitrogens with one attached hydrogen (secondary N) is 1. The van der Waals surface area contributed by atoms with E-state index in [-0.39, 0.29) is 5.91 Å². The minimum atomic E-state index is -0.119. The molecule has 7 nitrogen and oxygen atoms in total. The van der Waals surface area contributed by atoms with Crippen LogP contribution >= 0.6 is 0 Å². The number of amides is 1. The minimum absolute atomic E-state index is 0.119. The Bertz CT molecular complexity index is 734. The molecule has 3 rings (SSSR count). The topological polar surface area (TPSA) is 76.6 Å². The molecule has 0 aliphatic carbocycles. The van der Waals surface area contributed by atoms with E-state index in [1.807, 2.05) is 18.2 Å². The van der Waals surface area contributed by atoms with Gasteiger partial charge in [-0.25, -0.2) is 9.97 Å². The third-order valence-corrected chi connectivity index (χ3v) is 3.88. The second-order valence-corrected chi connectivity index (χ2v) is 5.85. The summed E-state index contributed by atoms with van der Waals surface area (Å²) in [5.41, 5.74) is 1.16. The van der Waals surface area contributed by atoms with Gasteiger partial charge in [-0.05, 0) is 18.6 Å². The van der Waals surface area contributed by atoms with E-state index in [2.05, 4.69) is 22.2 Å². The zero-order chi connectivity index (χ0) is 17.6. The third kappa shape index (κ3) is 4.17. The van der Waals surface area contributed by atoms with Crippen molar-refractivity contribution in [1.29, 1.82) is 0 Å². The average molecular weight is 342 g/mol. The molecule has 1 aromatic heterocycles. The second-order valence-electron chi connectivity index (χ2n) is 5.85. The fourth-order valence-electron chi connectivity index (χ4n) is 2.46. The predicted octanol–water partition coefficient (Wildman–Crippen LogP) is 2.86. The Hall–Kier alpha value is -2.83. The van der Waals surface area contributed by atoms with Crippen LogP contribution in [0.4, 0.5) is 11.5 Å². The molecule has 0 atom stereocenters. The summed E-state index contributed by atoms with van der Waals surface area (Å²) in [5, 5.41) is 3.15. The maximum Gasteiger partial charge on any atom is 0.273 e. The Kier molecular flexibility index (Phi) is 5.33. The first-order valence-electron chi connectivity index (χ1n) is 8.41. The number of anilines is 2. The quantitative estimate of drug-likeness (QED) is 0.870. The minimum Gasteiger partial charge on any atom is -0.486 e. The molecule has 0 spiro atoms. The van der Waals surface area contributed by atoms with E-state index in [9.17, 15) is 4.79 Å². The van der Waals surface area contributed by atoms with Gasteiger partial charge < -0.3 is 19.7 Å². The Morgan fingerprint density at radius 3 is 2.72 bits per heavy atom. The standard InChI is InChI=1S/C18H22N4O3/c1-3-4-7-22(2)18(23)14-11-20-17(12-19-14)21-13-5-6-15-16(10-13)25-9-8-24-15/h5-6,10-12H,3-4,7-9H2,1-2H3,(H,20,21). The third-order valence-electron chi connectivity index (χ3n) is 3.88. The van der Waals surface area contributed by atoms with Crippen molar-refractivity contribution in [3.63, 3.8) is 0 Å². The number of unbranched alkanes of at least 4 members (excludes halogenated alkanes) is 1. The number of hydrogen-bond acceptors (Lipinski definition) is 6. The van der Waals surface area contributed by atoms with Crippen molar-refractivity contribution in [3.8, 4) is 11.5 Å². The van der Waals surface area contributed by atoms with E-state index >= 15 is 0 Å². The van der Waals surface area contributed by atoms with Gasteiger partial charge in [0.1, 0.15) is 24.7 Å². The fraction of sp³-hybridized carbons (Fsp3) is 0.389. The van der Waals surface area contributed by atoms with Gasteiger partial charge in [0.15, 0.2) is 11.5 Å². The van der Waals surface area contributed by atoms with Gasteiger partial charge in [-0.15, -0.1) is 0 Å². The van der Waals surface area contributed by atoms with Crippen LogP contribution in [0.1, 0.15) is 30.3 Å². The van der Waals surface area contributed by atoms with Crippen LogP contribution in [-0.4, -0.2) is 47.6 Å². The van der Waals surface area contributed by atoms with Crippen LogP contribution in [0.15, 0.2) is 30.6 Å². The summed E-state index contributed by atoms with van der Waals surface area (Å²) in [6.45, 7) is 3.91. The number of rotatable bonds is 6. The van der Waals surface area contributed by atoms with E-state index in [1.54, 1.807) is 18.1 Å². The van der Waals surface area contributed by atoms with Crippen molar-refractivity contribution in [3.05, 3.63) is 36.3 Å². The highest BCUT2D eigenvalue weighted by molar-refractivity contribution is 5.91. The van der Waals surface area contributed by atoms with Crippen molar-refractivity contribution in [2.24, 2.45) is 0 Å². The number of fused-ring (bicyclic) bond motifs is 1. The van der Waals surface area contributed by atoms with Crippen LogP contribution in [0.25, 0.3) is 0 Å². The summed E-state index contributed by atoms with van der Waals surface area (Å²) in [4.78, 5) is 22.4. The van der Waals surface area contributed by atoms with Gasteiger partial charge in [0.05, 0.1) is 12.4 Å². The van der Waals surface area contributed by atoms with Gasteiger partial charge in [-0.2, -0.15) is 0 Å². The largest absolute Gasteiger partial charge is 0.486 e. The highest BCUT2D eigenvalue weighted by Gasteiger charge is 2.14. The van der Waals surface area contributed by atoms with E-state index in [0.717, 1.165) is 24.3 Å². The van der Waals surface area contributed by atoms with Crippen LogP contribution < -0.4 is 14.8 Å². The summed E-state index contributed by atoms with van der Waals surface area (Å²) in [6, 6.07) is 5.59. The van der Waals surface area contributed by atoms with Crippen LogP contribution in [0.5, 0.6) is 11.5 Å². The number of carbonyl (C=O) groups excluding carboxylic acids is 1. The Balaban J connectivity index is 1.65. The van der Waals surface area contributed by atoms with Gasteiger partial charge in [0.25, 0.3) is 5.91 Å². The van der Waals surface area contributed by atoms with Crippen LogP contribution in [0, 0.1) is 0 Å². The zero-order valence-corrected chi connectivity index (χ0v) is 14.5. The molecule has 25 heavy (non-hydrogen) atoms. The fourth-order valence-corrected chi connectivity index (χ4v) is 2.46. The molecule has 1 aliphatic rings. The molecular formula is C18H22N4O3. The maximum atomic E-state index is 12.3. The number of benzene rings is 1. The van der Waals surface area contributed by atoms with Gasteiger partial charge >= 0.3 is 0 Å². The first kappa shape index (κ1) is 17.0.